The molecule has 2 nitrogen and oxygen atoms in total. The number of fused-ring (bicyclic) bond motifs is 13. The van der Waals surface area contributed by atoms with E-state index in [1.54, 1.807) is 0 Å². The summed E-state index contributed by atoms with van der Waals surface area (Å²) in [6.07, 6.45) is 0. The molecule has 0 N–H and O–H groups in total. The molecule has 1 heterocycles. The van der Waals surface area contributed by atoms with Gasteiger partial charge in [0.2, 0.25) is 0 Å². The monoisotopic (exact) mass is 741 g/mol. The van der Waals surface area contributed by atoms with Crippen LogP contribution in [0, 0.1) is 0 Å². The summed E-state index contributed by atoms with van der Waals surface area (Å²) in [5, 5.41) is 4.68. The highest BCUT2D eigenvalue weighted by Crippen LogP contribution is 2.60. The molecular weight excluding hydrogens is 703 g/mol. The second-order valence-electron chi connectivity index (χ2n) is 16.4. The molecule has 0 fully saturated rings. The maximum Gasteiger partial charge on any atom is 0.145 e. The summed E-state index contributed by atoms with van der Waals surface area (Å²) in [6.45, 7) is 4.75. The van der Waals surface area contributed by atoms with Crippen molar-refractivity contribution in [3.63, 3.8) is 0 Å². The summed E-state index contributed by atoms with van der Waals surface area (Å²) in [5.41, 5.74) is 17.3. The van der Waals surface area contributed by atoms with E-state index < -0.39 is 5.41 Å². The van der Waals surface area contributed by atoms with Crippen LogP contribution in [0.1, 0.15) is 47.2 Å². The summed E-state index contributed by atoms with van der Waals surface area (Å²) in [6, 6.07) is 73.4. The van der Waals surface area contributed by atoms with Crippen LogP contribution in [-0.2, 0) is 10.8 Å². The summed E-state index contributed by atoms with van der Waals surface area (Å²) >= 11 is 0. The maximum absolute atomic E-state index is 7.08. The fourth-order valence-electron chi connectivity index (χ4n) is 10.8. The molecule has 0 spiro atoms. The highest BCUT2D eigenvalue weighted by atomic mass is 16.3. The Morgan fingerprint density at radius 1 is 0.431 bits per heavy atom. The van der Waals surface area contributed by atoms with E-state index in [2.05, 4.69) is 219 Å². The number of furan rings is 1. The number of nitrogens with zero attached hydrogens (tertiary/aromatic N) is 1. The largest absolute Gasteiger partial charge is 0.455 e. The molecule has 0 atom stereocenters. The summed E-state index contributed by atoms with van der Waals surface area (Å²) in [7, 11) is 0. The predicted molar refractivity (Wildman–Crippen MR) is 241 cm³/mol. The van der Waals surface area contributed by atoms with E-state index in [1.165, 1.54) is 66.4 Å². The molecule has 10 aromatic rings. The normalized spacial score (nSPS) is 14.3. The van der Waals surface area contributed by atoms with Crippen molar-refractivity contribution in [3.8, 4) is 22.3 Å². The lowest BCUT2D eigenvalue weighted by Gasteiger charge is -2.35. The summed E-state index contributed by atoms with van der Waals surface area (Å²) in [4.78, 5) is 2.46. The predicted octanol–water partition coefficient (Wildman–Crippen LogP) is 14.9. The first-order valence-electron chi connectivity index (χ1n) is 20.3. The van der Waals surface area contributed by atoms with Gasteiger partial charge in [-0.1, -0.05) is 178 Å². The Kier molecular flexibility index (Phi) is 6.93. The van der Waals surface area contributed by atoms with Crippen molar-refractivity contribution in [3.05, 3.63) is 234 Å². The van der Waals surface area contributed by atoms with Crippen molar-refractivity contribution in [2.24, 2.45) is 0 Å². The van der Waals surface area contributed by atoms with Gasteiger partial charge in [-0.15, -0.1) is 0 Å². The van der Waals surface area contributed by atoms with Crippen LogP contribution in [0.15, 0.2) is 205 Å². The lowest BCUT2D eigenvalue weighted by atomic mass is 9.67. The van der Waals surface area contributed by atoms with E-state index in [4.69, 9.17) is 4.42 Å². The first-order valence-corrected chi connectivity index (χ1v) is 20.3. The highest BCUT2D eigenvalue weighted by molar-refractivity contribution is 6.26. The van der Waals surface area contributed by atoms with Gasteiger partial charge in [0, 0.05) is 32.9 Å². The molecule has 2 aliphatic carbocycles. The van der Waals surface area contributed by atoms with E-state index in [-0.39, 0.29) is 5.41 Å². The third-order valence-electron chi connectivity index (χ3n) is 13.1. The molecule has 0 bridgehead atoms. The summed E-state index contributed by atoms with van der Waals surface area (Å²) < 4.78 is 7.08. The van der Waals surface area contributed by atoms with Crippen molar-refractivity contribution < 1.29 is 4.42 Å². The lowest BCUT2D eigenvalue weighted by molar-refractivity contribution is 0.659. The lowest BCUT2D eigenvalue weighted by Crippen LogP contribution is -2.28. The molecular formula is C56H39NO. The van der Waals surface area contributed by atoms with Gasteiger partial charge in [0.05, 0.1) is 11.1 Å². The number of benzene rings is 9. The average molecular weight is 742 g/mol. The van der Waals surface area contributed by atoms with Gasteiger partial charge in [0.25, 0.3) is 0 Å². The first kappa shape index (κ1) is 33.0. The maximum atomic E-state index is 7.08. The Hall–Kier alpha value is -7.16. The van der Waals surface area contributed by atoms with Crippen LogP contribution in [0.25, 0.3) is 55.0 Å². The van der Waals surface area contributed by atoms with Crippen LogP contribution in [0.4, 0.5) is 17.1 Å². The molecule has 58 heavy (non-hydrogen) atoms. The van der Waals surface area contributed by atoms with E-state index in [0.717, 1.165) is 39.0 Å². The molecule has 2 heteroatoms. The fraction of sp³-hybridized carbons (Fsp3) is 0.0714. The quantitative estimate of drug-likeness (QED) is 0.175. The van der Waals surface area contributed by atoms with Crippen molar-refractivity contribution >= 4 is 49.8 Å². The number of rotatable bonds is 5. The minimum atomic E-state index is -0.520. The van der Waals surface area contributed by atoms with Gasteiger partial charge >= 0.3 is 0 Å². The third kappa shape index (κ3) is 4.32. The van der Waals surface area contributed by atoms with E-state index >= 15 is 0 Å². The molecule has 12 rings (SSSR count). The topological polar surface area (TPSA) is 16.4 Å². The van der Waals surface area contributed by atoms with Crippen LogP contribution in [0.5, 0.6) is 0 Å². The van der Waals surface area contributed by atoms with E-state index in [0.29, 0.717) is 0 Å². The zero-order valence-corrected chi connectivity index (χ0v) is 32.4. The number of anilines is 3. The van der Waals surface area contributed by atoms with Gasteiger partial charge in [-0.2, -0.15) is 0 Å². The first-order chi connectivity index (χ1) is 28.6. The molecule has 0 aliphatic heterocycles. The van der Waals surface area contributed by atoms with Gasteiger partial charge in [-0.25, -0.2) is 0 Å². The minimum Gasteiger partial charge on any atom is -0.455 e. The molecule has 0 radical (unpaired) electrons. The Balaban J connectivity index is 1.21. The molecule has 0 saturated carbocycles. The van der Waals surface area contributed by atoms with Crippen LogP contribution in [0.2, 0.25) is 0 Å². The fourth-order valence-corrected chi connectivity index (χ4v) is 10.8. The Morgan fingerprint density at radius 2 is 1.02 bits per heavy atom. The number of hydrogen-bond acceptors (Lipinski definition) is 2. The Morgan fingerprint density at radius 3 is 1.76 bits per heavy atom. The van der Waals surface area contributed by atoms with E-state index in [1.807, 2.05) is 0 Å². The van der Waals surface area contributed by atoms with Crippen LogP contribution in [-0.4, -0.2) is 0 Å². The van der Waals surface area contributed by atoms with Gasteiger partial charge in [0.1, 0.15) is 11.2 Å². The molecule has 0 saturated heterocycles. The van der Waals surface area contributed by atoms with Crippen LogP contribution in [0.3, 0.4) is 0 Å². The van der Waals surface area contributed by atoms with Crippen LogP contribution >= 0.6 is 0 Å². The molecule has 0 unspecified atom stereocenters. The third-order valence-corrected chi connectivity index (χ3v) is 13.1. The smallest absolute Gasteiger partial charge is 0.145 e. The number of hydrogen-bond donors (Lipinski definition) is 0. The van der Waals surface area contributed by atoms with Crippen molar-refractivity contribution in [2.75, 3.05) is 4.90 Å². The van der Waals surface area contributed by atoms with Gasteiger partial charge in [-0.3, -0.25) is 0 Å². The number of para-hydroxylation sites is 2. The zero-order chi connectivity index (χ0) is 38.6. The minimum absolute atomic E-state index is 0.215. The molecule has 2 aliphatic rings. The Labute approximate surface area is 338 Å². The average Bonchev–Trinajstić information content (AvgIpc) is 3.89. The van der Waals surface area contributed by atoms with Gasteiger partial charge < -0.3 is 9.32 Å². The summed E-state index contributed by atoms with van der Waals surface area (Å²) in [5.74, 6) is 0. The second-order valence-corrected chi connectivity index (χ2v) is 16.4. The molecule has 1 aromatic heterocycles. The van der Waals surface area contributed by atoms with Crippen molar-refractivity contribution in [2.45, 2.75) is 24.7 Å². The second kappa shape index (κ2) is 12.2. The highest BCUT2D eigenvalue weighted by Gasteiger charge is 2.46. The van der Waals surface area contributed by atoms with Crippen molar-refractivity contribution in [1.82, 2.24) is 0 Å². The van der Waals surface area contributed by atoms with Crippen LogP contribution < -0.4 is 4.90 Å². The SMILES string of the molecule is CC1(C)c2ccccc2-c2c1c1c3ccccc3oc1c1c(N(c3ccccc3)c3ccc4c(c3)C(c3ccccc3)(c3ccccc3)c3ccccc3-4)cccc21. The molecule has 0 amide bonds. The Bertz CT molecular complexity index is 3210. The molecule has 9 aromatic carbocycles. The van der Waals surface area contributed by atoms with Gasteiger partial charge in [-0.05, 0) is 97.4 Å². The standard InChI is InChI=1S/C56H39NO/c1-55(2)45-29-15-13-26-42(45)50-44-28-18-31-48(51(44)54-52(53(50)55)43-27-14-17-32-49(43)58-54)57(38-23-10-5-11-24-38)39-33-34-41-40-25-12-16-30-46(40)56(47(41)35-39,36-19-6-3-7-20-36)37-21-8-4-9-22-37/h3-35H,1-2H3. The van der Waals surface area contributed by atoms with Crippen molar-refractivity contribution in [1.29, 1.82) is 0 Å². The zero-order valence-electron chi connectivity index (χ0n) is 32.4. The molecule has 274 valence electrons. The van der Waals surface area contributed by atoms with Gasteiger partial charge in [0.15, 0.2) is 0 Å². The van der Waals surface area contributed by atoms with E-state index in [9.17, 15) is 0 Å².